The summed E-state index contributed by atoms with van der Waals surface area (Å²) in [4.78, 5) is 10.0. The van der Waals surface area contributed by atoms with Gasteiger partial charge in [-0.3, -0.25) is 10.1 Å². The van der Waals surface area contributed by atoms with Gasteiger partial charge in [0, 0.05) is 18.2 Å². The van der Waals surface area contributed by atoms with Crippen LogP contribution in [-0.4, -0.2) is 22.7 Å². The van der Waals surface area contributed by atoms with E-state index in [2.05, 4.69) is 5.32 Å². The fourth-order valence-corrected chi connectivity index (χ4v) is 1.36. The molecule has 0 unspecified atom stereocenters. The largest absolute Gasteiger partial charge is 0.394 e. The Morgan fingerprint density at radius 2 is 2.35 bits per heavy atom. The van der Waals surface area contributed by atoms with E-state index in [0.29, 0.717) is 12.1 Å². The van der Waals surface area contributed by atoms with Gasteiger partial charge in [0.1, 0.15) is 6.07 Å². The van der Waals surface area contributed by atoms with Crippen molar-refractivity contribution in [3.8, 4) is 6.07 Å². The number of hydrogen-bond acceptors (Lipinski definition) is 5. The van der Waals surface area contributed by atoms with Crippen LogP contribution in [0, 0.1) is 21.4 Å². The summed E-state index contributed by atoms with van der Waals surface area (Å²) in [6.07, 6.45) is 0.693. The highest BCUT2D eigenvalue weighted by molar-refractivity contribution is 5.61. The van der Waals surface area contributed by atoms with Gasteiger partial charge in [-0.1, -0.05) is 6.92 Å². The van der Waals surface area contributed by atoms with E-state index in [1.54, 1.807) is 0 Å². The Hall–Kier alpha value is -2.13. The normalized spacial score (nSPS) is 11.6. The predicted octanol–water partition coefficient (Wildman–Crippen LogP) is 1.65. The van der Waals surface area contributed by atoms with E-state index in [0.717, 1.165) is 0 Å². The molecule has 1 aromatic carbocycles. The molecule has 0 radical (unpaired) electrons. The van der Waals surface area contributed by atoms with E-state index in [-0.39, 0.29) is 23.9 Å². The predicted molar refractivity (Wildman–Crippen MR) is 62.6 cm³/mol. The summed E-state index contributed by atoms with van der Waals surface area (Å²) >= 11 is 0. The Bertz CT molecular complexity index is 450. The van der Waals surface area contributed by atoms with Gasteiger partial charge in [0.05, 0.1) is 22.8 Å². The molecule has 1 rings (SSSR count). The molecule has 0 saturated carbocycles. The van der Waals surface area contributed by atoms with Crippen molar-refractivity contribution in [1.82, 2.24) is 0 Å². The maximum Gasteiger partial charge on any atom is 0.270 e. The van der Waals surface area contributed by atoms with Crippen LogP contribution < -0.4 is 5.32 Å². The number of nitro groups is 1. The third-order valence-corrected chi connectivity index (χ3v) is 2.41. The average molecular weight is 235 g/mol. The third kappa shape index (κ3) is 3.16. The lowest BCUT2D eigenvalue weighted by Crippen LogP contribution is -2.23. The van der Waals surface area contributed by atoms with Gasteiger partial charge in [-0.05, 0) is 12.5 Å². The first-order valence-corrected chi connectivity index (χ1v) is 5.18. The summed E-state index contributed by atoms with van der Waals surface area (Å²) in [5, 5.41) is 31.5. The third-order valence-electron chi connectivity index (χ3n) is 2.41. The van der Waals surface area contributed by atoms with Crippen molar-refractivity contribution in [3.05, 3.63) is 33.9 Å². The summed E-state index contributed by atoms with van der Waals surface area (Å²) in [5.41, 5.74) is 0.578. The molecule has 1 atom stereocenters. The second-order valence-electron chi connectivity index (χ2n) is 3.53. The van der Waals surface area contributed by atoms with Crippen molar-refractivity contribution in [1.29, 1.82) is 5.26 Å². The number of nitriles is 1. The van der Waals surface area contributed by atoms with E-state index in [1.807, 2.05) is 13.0 Å². The first kappa shape index (κ1) is 12.9. The molecule has 0 saturated heterocycles. The van der Waals surface area contributed by atoms with Gasteiger partial charge in [-0.2, -0.15) is 5.26 Å². The average Bonchev–Trinajstić information content (AvgIpc) is 2.35. The maximum atomic E-state index is 10.6. The molecule has 0 heterocycles. The van der Waals surface area contributed by atoms with Crippen molar-refractivity contribution in [2.45, 2.75) is 19.4 Å². The SMILES string of the molecule is CC[C@H](CO)Nc1ccc([N+](=O)[O-])cc1C#N. The summed E-state index contributed by atoms with van der Waals surface area (Å²) < 4.78 is 0. The first-order valence-electron chi connectivity index (χ1n) is 5.18. The molecule has 6 heteroatoms. The zero-order valence-corrected chi connectivity index (χ0v) is 9.38. The topological polar surface area (TPSA) is 99.2 Å². The van der Waals surface area contributed by atoms with Crippen LogP contribution in [0.5, 0.6) is 0 Å². The van der Waals surface area contributed by atoms with Gasteiger partial charge in [0.25, 0.3) is 5.69 Å². The molecule has 0 aliphatic rings. The molecule has 2 N–H and O–H groups in total. The number of aliphatic hydroxyl groups excluding tert-OH is 1. The number of nitro benzene ring substituents is 1. The fourth-order valence-electron chi connectivity index (χ4n) is 1.36. The highest BCUT2D eigenvalue weighted by atomic mass is 16.6. The number of benzene rings is 1. The molecule has 0 bridgehead atoms. The van der Waals surface area contributed by atoms with Crippen LogP contribution in [0.15, 0.2) is 18.2 Å². The highest BCUT2D eigenvalue weighted by Gasteiger charge is 2.12. The minimum atomic E-state index is -0.548. The number of aliphatic hydroxyl groups is 1. The summed E-state index contributed by atoms with van der Waals surface area (Å²) in [6, 6.07) is 5.75. The quantitative estimate of drug-likeness (QED) is 0.597. The molecule has 0 aliphatic carbocycles. The van der Waals surface area contributed by atoms with Crippen LogP contribution in [0.4, 0.5) is 11.4 Å². The molecule has 0 aromatic heterocycles. The van der Waals surface area contributed by atoms with E-state index in [1.165, 1.54) is 18.2 Å². The Morgan fingerprint density at radius 3 is 2.82 bits per heavy atom. The molecule has 0 amide bonds. The van der Waals surface area contributed by atoms with Gasteiger partial charge < -0.3 is 10.4 Å². The number of anilines is 1. The molecular weight excluding hydrogens is 222 g/mol. The lowest BCUT2D eigenvalue weighted by atomic mass is 10.1. The standard InChI is InChI=1S/C11H13N3O3/c1-2-9(7-15)13-11-4-3-10(14(16)17)5-8(11)6-12/h3-5,9,13,15H,2,7H2,1H3/t9-/m1/s1. The highest BCUT2D eigenvalue weighted by Crippen LogP contribution is 2.22. The Balaban J connectivity index is 3.01. The molecule has 90 valence electrons. The van der Waals surface area contributed by atoms with E-state index >= 15 is 0 Å². The summed E-state index contributed by atoms with van der Waals surface area (Å²) in [6.45, 7) is 1.84. The first-order chi connectivity index (χ1) is 8.12. The van der Waals surface area contributed by atoms with Crippen LogP contribution in [0.25, 0.3) is 0 Å². The number of nitrogens with one attached hydrogen (secondary N) is 1. The number of hydrogen-bond donors (Lipinski definition) is 2. The van der Waals surface area contributed by atoms with E-state index in [4.69, 9.17) is 10.4 Å². The van der Waals surface area contributed by atoms with Crippen molar-refractivity contribution in [3.63, 3.8) is 0 Å². The second-order valence-corrected chi connectivity index (χ2v) is 3.53. The van der Waals surface area contributed by atoms with Crippen LogP contribution >= 0.6 is 0 Å². The van der Waals surface area contributed by atoms with Gasteiger partial charge in [-0.15, -0.1) is 0 Å². The Labute approximate surface area is 98.6 Å². The zero-order valence-electron chi connectivity index (χ0n) is 9.38. The van der Waals surface area contributed by atoms with E-state index in [9.17, 15) is 10.1 Å². The smallest absolute Gasteiger partial charge is 0.270 e. The van der Waals surface area contributed by atoms with Gasteiger partial charge in [0.15, 0.2) is 0 Å². The van der Waals surface area contributed by atoms with Crippen LogP contribution in [0.2, 0.25) is 0 Å². The number of non-ortho nitro benzene ring substituents is 1. The van der Waals surface area contributed by atoms with Crippen LogP contribution in [-0.2, 0) is 0 Å². The fraction of sp³-hybridized carbons (Fsp3) is 0.364. The van der Waals surface area contributed by atoms with Crippen LogP contribution in [0.1, 0.15) is 18.9 Å². The summed E-state index contributed by atoms with van der Waals surface area (Å²) in [5.74, 6) is 0. The molecule has 6 nitrogen and oxygen atoms in total. The molecule has 0 spiro atoms. The molecule has 17 heavy (non-hydrogen) atoms. The minimum absolute atomic E-state index is 0.0572. The monoisotopic (exact) mass is 235 g/mol. The van der Waals surface area contributed by atoms with Gasteiger partial charge >= 0.3 is 0 Å². The van der Waals surface area contributed by atoms with E-state index < -0.39 is 4.92 Å². The Morgan fingerprint density at radius 1 is 1.65 bits per heavy atom. The van der Waals surface area contributed by atoms with Gasteiger partial charge in [0.2, 0.25) is 0 Å². The number of nitrogens with zero attached hydrogens (tertiary/aromatic N) is 2. The van der Waals surface area contributed by atoms with Crippen molar-refractivity contribution in [2.75, 3.05) is 11.9 Å². The van der Waals surface area contributed by atoms with Crippen molar-refractivity contribution in [2.24, 2.45) is 0 Å². The lowest BCUT2D eigenvalue weighted by molar-refractivity contribution is -0.384. The maximum absolute atomic E-state index is 10.6. The molecular formula is C11H13N3O3. The van der Waals surface area contributed by atoms with Crippen LogP contribution in [0.3, 0.4) is 0 Å². The molecule has 0 aliphatic heterocycles. The number of rotatable bonds is 5. The molecule has 1 aromatic rings. The lowest BCUT2D eigenvalue weighted by Gasteiger charge is -2.16. The minimum Gasteiger partial charge on any atom is -0.394 e. The zero-order chi connectivity index (χ0) is 12.8. The van der Waals surface area contributed by atoms with Gasteiger partial charge in [-0.25, -0.2) is 0 Å². The molecule has 0 fully saturated rings. The van der Waals surface area contributed by atoms with Crippen molar-refractivity contribution < 1.29 is 10.0 Å². The second kappa shape index (κ2) is 5.82. The summed E-state index contributed by atoms with van der Waals surface area (Å²) in [7, 11) is 0. The Kier molecular flexibility index (Phi) is 4.43. The van der Waals surface area contributed by atoms with Crippen molar-refractivity contribution >= 4 is 11.4 Å².